The molecular weight excluding hydrogens is 286 g/mol. The highest BCUT2D eigenvalue weighted by Crippen LogP contribution is 2.26. The molecule has 1 aromatic heterocycles. The number of methoxy groups -OCH3 is 2. The van der Waals surface area contributed by atoms with Crippen LogP contribution in [0.15, 0.2) is 12.3 Å². The molecule has 0 unspecified atom stereocenters. The number of carbonyl (C=O) groups is 2. The van der Waals surface area contributed by atoms with Gasteiger partial charge < -0.3 is 14.4 Å². The minimum atomic E-state index is -0.575. The first-order valence-electron chi connectivity index (χ1n) is 5.46. The van der Waals surface area contributed by atoms with Crippen molar-refractivity contribution >= 4 is 29.4 Å². The average Bonchev–Trinajstić information content (AvgIpc) is 2.46. The van der Waals surface area contributed by atoms with Crippen molar-refractivity contribution < 1.29 is 19.1 Å². The van der Waals surface area contributed by atoms with E-state index in [1.807, 2.05) is 6.07 Å². The molecule has 106 valence electrons. The van der Waals surface area contributed by atoms with E-state index in [9.17, 15) is 9.59 Å². The summed E-state index contributed by atoms with van der Waals surface area (Å²) in [5.41, 5.74) is 0.191. The molecule has 0 amide bonds. The van der Waals surface area contributed by atoms with Gasteiger partial charge >= 0.3 is 11.9 Å². The molecule has 0 bridgehead atoms. The van der Waals surface area contributed by atoms with Crippen molar-refractivity contribution in [3.63, 3.8) is 0 Å². The lowest BCUT2D eigenvalue weighted by molar-refractivity contribution is -0.140. The molecule has 0 aromatic carbocycles. The smallest absolute Gasteiger partial charge is 0.325 e. The molecule has 20 heavy (non-hydrogen) atoms. The van der Waals surface area contributed by atoms with Crippen LogP contribution < -0.4 is 4.90 Å². The molecule has 0 N–H and O–H groups in total. The first-order valence-corrected chi connectivity index (χ1v) is 5.84. The summed E-state index contributed by atoms with van der Waals surface area (Å²) in [5, 5.41) is 8.97. The molecule has 0 aliphatic heterocycles. The molecule has 0 spiro atoms. The molecule has 1 heterocycles. The molecule has 0 saturated carbocycles. The summed E-state index contributed by atoms with van der Waals surface area (Å²) in [6.45, 7) is -0.486. The number of rotatable bonds is 5. The van der Waals surface area contributed by atoms with Crippen LogP contribution >= 0.6 is 11.6 Å². The predicted molar refractivity (Wildman–Crippen MR) is 70.2 cm³/mol. The zero-order valence-electron chi connectivity index (χ0n) is 10.9. The fraction of sp³-hybridized carbons (Fsp3) is 0.333. The summed E-state index contributed by atoms with van der Waals surface area (Å²) in [6, 6.07) is 3.33. The van der Waals surface area contributed by atoms with Crippen molar-refractivity contribution in [2.75, 3.05) is 32.2 Å². The SMILES string of the molecule is COC(=O)CN(CC(=O)OC)c1nccc(C#N)c1Cl. The van der Waals surface area contributed by atoms with Gasteiger partial charge in [0.25, 0.3) is 0 Å². The molecule has 1 rings (SSSR count). The third kappa shape index (κ3) is 3.83. The van der Waals surface area contributed by atoms with E-state index in [4.69, 9.17) is 16.9 Å². The Morgan fingerprint density at radius 1 is 1.35 bits per heavy atom. The predicted octanol–water partition coefficient (Wildman–Crippen LogP) is 0.759. The normalized spacial score (nSPS) is 9.50. The molecule has 1 aromatic rings. The third-order valence-corrected chi connectivity index (χ3v) is 2.76. The fourth-order valence-electron chi connectivity index (χ4n) is 1.39. The van der Waals surface area contributed by atoms with Gasteiger partial charge in [-0.2, -0.15) is 5.26 Å². The van der Waals surface area contributed by atoms with E-state index in [1.54, 1.807) is 0 Å². The molecule has 0 saturated heterocycles. The van der Waals surface area contributed by atoms with Crippen LogP contribution in [0.25, 0.3) is 0 Å². The van der Waals surface area contributed by atoms with Crippen LogP contribution in [-0.4, -0.2) is 44.2 Å². The number of aromatic nitrogens is 1. The summed E-state index contributed by atoms with van der Waals surface area (Å²) in [5.74, 6) is -1.01. The van der Waals surface area contributed by atoms with Gasteiger partial charge in [-0.05, 0) is 6.07 Å². The lowest BCUT2D eigenvalue weighted by Gasteiger charge is -2.22. The zero-order chi connectivity index (χ0) is 15.1. The van der Waals surface area contributed by atoms with Crippen LogP contribution in [0.1, 0.15) is 5.56 Å². The topological polar surface area (TPSA) is 92.5 Å². The Labute approximate surface area is 120 Å². The second kappa shape index (κ2) is 7.31. The van der Waals surface area contributed by atoms with Crippen molar-refractivity contribution in [2.45, 2.75) is 0 Å². The number of anilines is 1. The molecule has 8 heteroatoms. The van der Waals surface area contributed by atoms with Gasteiger partial charge in [-0.15, -0.1) is 0 Å². The minimum absolute atomic E-state index is 0.0582. The van der Waals surface area contributed by atoms with Crippen molar-refractivity contribution in [3.8, 4) is 6.07 Å². The van der Waals surface area contributed by atoms with Gasteiger partial charge in [0.1, 0.15) is 30.0 Å². The fourth-order valence-corrected chi connectivity index (χ4v) is 1.66. The summed E-state index contributed by atoms with van der Waals surface area (Å²) < 4.78 is 9.09. The van der Waals surface area contributed by atoms with Gasteiger partial charge in [0.05, 0.1) is 19.8 Å². The van der Waals surface area contributed by atoms with Gasteiger partial charge in [-0.1, -0.05) is 11.6 Å². The van der Waals surface area contributed by atoms with Gasteiger partial charge in [0, 0.05) is 6.20 Å². The highest BCUT2D eigenvalue weighted by Gasteiger charge is 2.21. The second-order valence-corrected chi connectivity index (χ2v) is 3.99. The van der Waals surface area contributed by atoms with Crippen molar-refractivity contribution in [2.24, 2.45) is 0 Å². The molecule has 0 fully saturated rings. The summed E-state index contributed by atoms with van der Waals surface area (Å²) in [4.78, 5) is 28.0. The minimum Gasteiger partial charge on any atom is -0.468 e. The van der Waals surface area contributed by atoms with Crippen LogP contribution in [0.3, 0.4) is 0 Å². The van der Waals surface area contributed by atoms with Crippen LogP contribution in [0.4, 0.5) is 5.82 Å². The van der Waals surface area contributed by atoms with E-state index < -0.39 is 11.9 Å². The summed E-state index contributed by atoms with van der Waals surface area (Å²) in [7, 11) is 2.44. The molecule has 0 aliphatic carbocycles. The standard InChI is InChI=1S/C12H12ClN3O4/c1-19-9(17)6-16(7-10(18)20-2)12-11(13)8(5-14)3-4-15-12/h3-4H,6-7H2,1-2H3. The van der Waals surface area contributed by atoms with Crippen molar-refractivity contribution in [1.29, 1.82) is 5.26 Å². The number of hydrogen-bond donors (Lipinski definition) is 0. The lowest BCUT2D eigenvalue weighted by Crippen LogP contribution is -2.36. The Hall–Kier alpha value is -2.33. The van der Waals surface area contributed by atoms with Gasteiger partial charge in [0.2, 0.25) is 0 Å². The number of carbonyl (C=O) groups excluding carboxylic acids is 2. The number of nitriles is 1. The van der Waals surface area contributed by atoms with Crippen molar-refractivity contribution in [3.05, 3.63) is 22.8 Å². The average molecular weight is 298 g/mol. The molecule has 0 atom stereocenters. The Kier molecular flexibility index (Phi) is 5.74. The molecule has 7 nitrogen and oxygen atoms in total. The maximum Gasteiger partial charge on any atom is 0.325 e. The van der Waals surface area contributed by atoms with E-state index in [0.717, 1.165) is 0 Å². The maximum absolute atomic E-state index is 11.4. The van der Waals surface area contributed by atoms with E-state index in [2.05, 4.69) is 14.5 Å². The van der Waals surface area contributed by atoms with E-state index in [1.165, 1.54) is 31.4 Å². The third-order valence-electron chi connectivity index (χ3n) is 2.39. The number of halogens is 1. The molecule has 0 aliphatic rings. The van der Waals surface area contributed by atoms with Gasteiger partial charge in [0.15, 0.2) is 0 Å². The number of esters is 2. The quantitative estimate of drug-likeness (QED) is 0.741. The number of nitrogens with zero attached hydrogens (tertiary/aromatic N) is 3. The first-order chi connectivity index (χ1) is 9.53. The number of ether oxygens (including phenoxy) is 2. The largest absolute Gasteiger partial charge is 0.468 e. The molecule has 0 radical (unpaired) electrons. The number of pyridine rings is 1. The Morgan fingerprint density at radius 2 is 1.90 bits per heavy atom. The zero-order valence-corrected chi connectivity index (χ0v) is 11.7. The Balaban J connectivity index is 3.13. The second-order valence-electron chi connectivity index (χ2n) is 3.62. The summed E-state index contributed by atoms with van der Waals surface area (Å²) >= 11 is 6.03. The monoisotopic (exact) mass is 297 g/mol. The first kappa shape index (κ1) is 15.7. The van der Waals surface area contributed by atoms with Crippen LogP contribution in [-0.2, 0) is 19.1 Å². The maximum atomic E-state index is 11.4. The lowest BCUT2D eigenvalue weighted by atomic mass is 10.2. The van der Waals surface area contributed by atoms with Gasteiger partial charge in [-0.3, -0.25) is 9.59 Å². The van der Waals surface area contributed by atoms with Crippen molar-refractivity contribution in [1.82, 2.24) is 4.98 Å². The van der Waals surface area contributed by atoms with Crippen LogP contribution in [0.2, 0.25) is 5.02 Å². The summed E-state index contributed by atoms with van der Waals surface area (Å²) in [6.07, 6.45) is 1.36. The Morgan fingerprint density at radius 3 is 2.35 bits per heavy atom. The van der Waals surface area contributed by atoms with E-state index in [-0.39, 0.29) is 29.5 Å². The van der Waals surface area contributed by atoms with E-state index >= 15 is 0 Å². The highest BCUT2D eigenvalue weighted by molar-refractivity contribution is 6.34. The van der Waals surface area contributed by atoms with Crippen LogP contribution in [0, 0.1) is 11.3 Å². The van der Waals surface area contributed by atoms with Gasteiger partial charge in [-0.25, -0.2) is 4.98 Å². The Bertz CT molecular complexity index is 538. The van der Waals surface area contributed by atoms with Crippen LogP contribution in [0.5, 0.6) is 0 Å². The number of hydrogen-bond acceptors (Lipinski definition) is 7. The molecular formula is C12H12ClN3O4. The van der Waals surface area contributed by atoms with E-state index in [0.29, 0.717) is 0 Å². The highest BCUT2D eigenvalue weighted by atomic mass is 35.5.